The Morgan fingerprint density at radius 3 is 2.73 bits per heavy atom. The zero-order valence-electron chi connectivity index (χ0n) is 15.6. The molecule has 3 rings (SSSR count). The molecule has 1 heterocycles. The molecule has 0 radical (unpaired) electrons. The number of anilines is 1. The van der Waals surface area contributed by atoms with E-state index in [1.165, 1.54) is 0 Å². The standard InChI is InChI=1S/C22H25NO3/c1-4-16(3)19-10-5-6-11-20(19)26-22(25)17-13-21(24)23(14-17)18-9-7-8-15(2)12-18/h5-12,16-17H,4,13-14H2,1-3H3/t16-,17-/m1/s1. The summed E-state index contributed by atoms with van der Waals surface area (Å²) in [6.07, 6.45) is 1.16. The quantitative estimate of drug-likeness (QED) is 0.590. The highest BCUT2D eigenvalue weighted by Crippen LogP contribution is 2.31. The van der Waals surface area contributed by atoms with Crippen LogP contribution in [0.5, 0.6) is 5.75 Å². The lowest BCUT2D eigenvalue weighted by molar-refractivity contribution is -0.139. The summed E-state index contributed by atoms with van der Waals surface area (Å²) >= 11 is 0. The van der Waals surface area contributed by atoms with Gasteiger partial charge in [0, 0.05) is 18.7 Å². The Bertz CT molecular complexity index is 815. The molecule has 1 aliphatic heterocycles. The molecule has 2 atom stereocenters. The van der Waals surface area contributed by atoms with Crippen LogP contribution in [0.2, 0.25) is 0 Å². The van der Waals surface area contributed by atoms with Gasteiger partial charge in [0.2, 0.25) is 5.91 Å². The van der Waals surface area contributed by atoms with Crippen LogP contribution in [0.4, 0.5) is 5.69 Å². The Morgan fingerprint density at radius 2 is 2.00 bits per heavy atom. The SMILES string of the molecule is CC[C@@H](C)c1ccccc1OC(=O)[C@@H]1CC(=O)N(c2cccc(C)c2)C1. The smallest absolute Gasteiger partial charge is 0.316 e. The summed E-state index contributed by atoms with van der Waals surface area (Å²) in [5.41, 5.74) is 2.96. The van der Waals surface area contributed by atoms with E-state index in [9.17, 15) is 9.59 Å². The van der Waals surface area contributed by atoms with Crippen molar-refractivity contribution in [2.45, 2.75) is 39.5 Å². The normalized spacial score (nSPS) is 18.0. The van der Waals surface area contributed by atoms with Gasteiger partial charge in [0.1, 0.15) is 5.75 Å². The van der Waals surface area contributed by atoms with Crippen LogP contribution in [-0.4, -0.2) is 18.4 Å². The molecule has 0 aromatic heterocycles. The predicted octanol–water partition coefficient (Wildman–Crippen LogP) is 4.47. The number of amides is 1. The number of carbonyl (C=O) groups excluding carboxylic acids is 2. The molecular formula is C22H25NO3. The Balaban J connectivity index is 1.73. The van der Waals surface area contributed by atoms with Gasteiger partial charge in [0.05, 0.1) is 5.92 Å². The van der Waals surface area contributed by atoms with Crippen molar-refractivity contribution in [2.24, 2.45) is 5.92 Å². The summed E-state index contributed by atoms with van der Waals surface area (Å²) in [5, 5.41) is 0. The molecule has 0 spiro atoms. The lowest BCUT2D eigenvalue weighted by Gasteiger charge is -2.18. The van der Waals surface area contributed by atoms with Gasteiger partial charge in [-0.15, -0.1) is 0 Å². The molecule has 0 saturated carbocycles. The van der Waals surface area contributed by atoms with Gasteiger partial charge in [0.15, 0.2) is 0 Å². The fourth-order valence-corrected chi connectivity index (χ4v) is 3.30. The second-order valence-electron chi connectivity index (χ2n) is 7.01. The van der Waals surface area contributed by atoms with Gasteiger partial charge in [-0.2, -0.15) is 0 Å². The third-order valence-corrected chi connectivity index (χ3v) is 5.04. The van der Waals surface area contributed by atoms with Crippen LogP contribution in [0.25, 0.3) is 0 Å². The first-order valence-electron chi connectivity index (χ1n) is 9.17. The van der Waals surface area contributed by atoms with Crippen LogP contribution in [0.1, 0.15) is 43.7 Å². The van der Waals surface area contributed by atoms with Crippen LogP contribution in [0, 0.1) is 12.8 Å². The summed E-state index contributed by atoms with van der Waals surface area (Å²) in [7, 11) is 0. The van der Waals surface area contributed by atoms with Crippen LogP contribution >= 0.6 is 0 Å². The first-order chi connectivity index (χ1) is 12.5. The lowest BCUT2D eigenvalue weighted by Crippen LogP contribution is -2.27. The molecule has 2 aromatic rings. The minimum atomic E-state index is -0.437. The van der Waals surface area contributed by atoms with Crippen molar-refractivity contribution in [1.82, 2.24) is 0 Å². The van der Waals surface area contributed by atoms with E-state index in [2.05, 4.69) is 13.8 Å². The Morgan fingerprint density at radius 1 is 1.23 bits per heavy atom. The summed E-state index contributed by atoms with van der Waals surface area (Å²) in [4.78, 5) is 26.7. The van der Waals surface area contributed by atoms with E-state index >= 15 is 0 Å². The van der Waals surface area contributed by atoms with Gasteiger partial charge >= 0.3 is 5.97 Å². The van der Waals surface area contributed by atoms with E-state index in [1.807, 2.05) is 55.5 Å². The molecular weight excluding hydrogens is 326 g/mol. The molecule has 136 valence electrons. The van der Waals surface area contributed by atoms with E-state index in [4.69, 9.17) is 4.74 Å². The molecule has 0 N–H and O–H groups in total. The van der Waals surface area contributed by atoms with E-state index in [1.54, 1.807) is 4.90 Å². The maximum absolute atomic E-state index is 12.7. The lowest BCUT2D eigenvalue weighted by atomic mass is 9.98. The molecule has 0 aliphatic carbocycles. The summed E-state index contributed by atoms with van der Waals surface area (Å²) in [6.45, 7) is 6.58. The first kappa shape index (κ1) is 18.2. The number of esters is 1. The number of nitrogens with zero attached hydrogens (tertiary/aromatic N) is 1. The Labute approximate surface area is 154 Å². The van der Waals surface area contributed by atoms with E-state index in [0.29, 0.717) is 18.2 Å². The van der Waals surface area contributed by atoms with Gasteiger partial charge in [-0.25, -0.2) is 0 Å². The average molecular weight is 351 g/mol. The van der Waals surface area contributed by atoms with Crippen LogP contribution in [0.15, 0.2) is 48.5 Å². The van der Waals surface area contributed by atoms with Gasteiger partial charge in [-0.3, -0.25) is 9.59 Å². The molecule has 26 heavy (non-hydrogen) atoms. The van der Waals surface area contributed by atoms with E-state index < -0.39 is 5.92 Å². The molecule has 1 fully saturated rings. The topological polar surface area (TPSA) is 46.6 Å². The van der Waals surface area contributed by atoms with E-state index in [0.717, 1.165) is 23.2 Å². The summed E-state index contributed by atoms with van der Waals surface area (Å²) < 4.78 is 5.69. The Kier molecular flexibility index (Phi) is 5.40. The largest absolute Gasteiger partial charge is 0.426 e. The number of aryl methyl sites for hydroxylation is 1. The fraction of sp³-hybridized carbons (Fsp3) is 0.364. The van der Waals surface area contributed by atoms with Gasteiger partial charge in [0.25, 0.3) is 0 Å². The molecule has 4 nitrogen and oxygen atoms in total. The number of hydrogen-bond donors (Lipinski definition) is 0. The predicted molar refractivity (Wildman–Crippen MR) is 102 cm³/mol. The maximum atomic E-state index is 12.7. The molecule has 4 heteroatoms. The molecule has 0 unspecified atom stereocenters. The zero-order chi connectivity index (χ0) is 18.7. The minimum absolute atomic E-state index is 0.0345. The molecule has 1 amide bonds. The van der Waals surface area contributed by atoms with Crippen molar-refractivity contribution >= 4 is 17.6 Å². The highest BCUT2D eigenvalue weighted by Gasteiger charge is 2.36. The van der Waals surface area contributed by atoms with Crippen molar-refractivity contribution in [1.29, 1.82) is 0 Å². The van der Waals surface area contributed by atoms with Crippen molar-refractivity contribution in [3.63, 3.8) is 0 Å². The molecule has 1 saturated heterocycles. The van der Waals surface area contributed by atoms with Crippen molar-refractivity contribution in [2.75, 3.05) is 11.4 Å². The first-order valence-corrected chi connectivity index (χ1v) is 9.17. The number of rotatable bonds is 5. The maximum Gasteiger partial charge on any atom is 0.316 e. The molecule has 2 aromatic carbocycles. The number of para-hydroxylation sites is 1. The third kappa shape index (κ3) is 3.79. The van der Waals surface area contributed by atoms with Crippen LogP contribution in [-0.2, 0) is 9.59 Å². The van der Waals surface area contributed by atoms with Gasteiger partial charge < -0.3 is 9.64 Å². The van der Waals surface area contributed by atoms with E-state index in [-0.39, 0.29) is 18.3 Å². The van der Waals surface area contributed by atoms with Crippen LogP contribution in [0.3, 0.4) is 0 Å². The van der Waals surface area contributed by atoms with Gasteiger partial charge in [-0.05, 0) is 48.6 Å². The molecule has 1 aliphatic rings. The van der Waals surface area contributed by atoms with Crippen molar-refractivity contribution in [3.8, 4) is 5.75 Å². The van der Waals surface area contributed by atoms with Crippen molar-refractivity contribution in [3.05, 3.63) is 59.7 Å². The summed E-state index contributed by atoms with van der Waals surface area (Å²) in [5.74, 6) is 0.117. The monoisotopic (exact) mass is 351 g/mol. The average Bonchev–Trinajstić information content (AvgIpc) is 3.03. The van der Waals surface area contributed by atoms with Crippen LogP contribution < -0.4 is 9.64 Å². The second kappa shape index (κ2) is 7.73. The minimum Gasteiger partial charge on any atom is -0.426 e. The molecule has 0 bridgehead atoms. The number of benzene rings is 2. The van der Waals surface area contributed by atoms with Crippen molar-refractivity contribution < 1.29 is 14.3 Å². The summed E-state index contributed by atoms with van der Waals surface area (Å²) in [6, 6.07) is 15.4. The highest BCUT2D eigenvalue weighted by atomic mass is 16.5. The fourth-order valence-electron chi connectivity index (χ4n) is 3.30. The van der Waals surface area contributed by atoms with Gasteiger partial charge in [-0.1, -0.05) is 44.2 Å². The second-order valence-corrected chi connectivity index (χ2v) is 7.01. The Hall–Kier alpha value is -2.62. The number of ether oxygens (including phenoxy) is 1. The number of carbonyl (C=O) groups is 2. The third-order valence-electron chi connectivity index (χ3n) is 5.04. The number of hydrogen-bond acceptors (Lipinski definition) is 3. The highest BCUT2D eigenvalue weighted by molar-refractivity contribution is 5.99. The zero-order valence-corrected chi connectivity index (χ0v) is 15.6.